The van der Waals surface area contributed by atoms with Gasteiger partial charge in [0.15, 0.2) is 0 Å². The number of hydrogen-bond acceptors (Lipinski definition) is 2. The Bertz CT molecular complexity index is 431. The Balaban J connectivity index is 2.49. The van der Waals surface area contributed by atoms with Crippen LogP contribution in [0.1, 0.15) is 33.1 Å². The number of likely N-dealkylation sites (tertiary alicyclic amines) is 1. The zero-order valence-electron chi connectivity index (χ0n) is 12.4. The van der Waals surface area contributed by atoms with E-state index in [0.29, 0.717) is 12.8 Å². The second-order valence-corrected chi connectivity index (χ2v) is 4.91. The van der Waals surface area contributed by atoms with Crippen molar-refractivity contribution in [2.45, 2.75) is 45.3 Å². The number of rotatable bonds is 4. The lowest BCUT2D eigenvalue weighted by molar-refractivity contribution is -0.186. The number of aliphatic imine (C=N–C) groups is 1. The predicted molar refractivity (Wildman–Crippen MR) is 77.3 cm³/mol. The van der Waals surface area contributed by atoms with Crippen molar-refractivity contribution in [3.05, 3.63) is 23.8 Å². The van der Waals surface area contributed by atoms with Gasteiger partial charge in [-0.2, -0.15) is 13.2 Å². The number of alkyl halides is 3. The van der Waals surface area contributed by atoms with E-state index >= 15 is 0 Å². The van der Waals surface area contributed by atoms with Gasteiger partial charge in [0.1, 0.15) is 0 Å². The van der Waals surface area contributed by atoms with Crippen molar-refractivity contribution in [2.24, 2.45) is 4.99 Å². The third kappa shape index (κ3) is 5.73. The van der Waals surface area contributed by atoms with Gasteiger partial charge in [-0.1, -0.05) is 19.1 Å². The molecule has 6 heteroatoms. The van der Waals surface area contributed by atoms with E-state index in [1.807, 2.05) is 32.1 Å². The number of amides is 1. The molecular formula is C15H21F3N2O. The van der Waals surface area contributed by atoms with Crippen LogP contribution in [0, 0.1) is 0 Å². The lowest BCUT2D eigenvalue weighted by Gasteiger charge is -2.30. The second kappa shape index (κ2) is 8.00. The number of allylic oxidation sites excluding steroid dienone is 4. The number of nitrogens with zero attached hydrogens (tertiary/aromatic N) is 2. The van der Waals surface area contributed by atoms with E-state index in [1.165, 1.54) is 0 Å². The lowest BCUT2D eigenvalue weighted by Crippen LogP contribution is -2.46. The van der Waals surface area contributed by atoms with Crippen LogP contribution >= 0.6 is 0 Å². The Morgan fingerprint density at radius 2 is 1.95 bits per heavy atom. The van der Waals surface area contributed by atoms with Crippen molar-refractivity contribution in [1.29, 1.82) is 0 Å². The highest BCUT2D eigenvalue weighted by atomic mass is 19.4. The fourth-order valence-corrected chi connectivity index (χ4v) is 2.16. The summed E-state index contributed by atoms with van der Waals surface area (Å²) in [6.07, 6.45) is 4.63. The number of hydrogen-bond donors (Lipinski definition) is 0. The van der Waals surface area contributed by atoms with Crippen LogP contribution in [-0.4, -0.2) is 42.3 Å². The van der Waals surface area contributed by atoms with Gasteiger partial charge in [-0.3, -0.25) is 9.79 Å². The van der Waals surface area contributed by atoms with Gasteiger partial charge in [-0.15, -0.1) is 0 Å². The van der Waals surface area contributed by atoms with Gasteiger partial charge in [-0.25, -0.2) is 0 Å². The lowest BCUT2D eigenvalue weighted by atomic mass is 10.1. The van der Waals surface area contributed by atoms with E-state index in [1.54, 1.807) is 6.21 Å². The van der Waals surface area contributed by atoms with Gasteiger partial charge in [0.25, 0.3) is 0 Å². The summed E-state index contributed by atoms with van der Waals surface area (Å²) in [5.41, 5.74) is 1.14. The van der Waals surface area contributed by atoms with Crippen LogP contribution in [0.3, 0.4) is 0 Å². The summed E-state index contributed by atoms with van der Waals surface area (Å²) < 4.78 is 36.9. The highest BCUT2D eigenvalue weighted by Gasteiger charge is 2.43. The van der Waals surface area contributed by atoms with Crippen molar-refractivity contribution < 1.29 is 18.0 Å². The molecule has 21 heavy (non-hydrogen) atoms. The van der Waals surface area contributed by atoms with Crippen LogP contribution in [0.5, 0.6) is 0 Å². The van der Waals surface area contributed by atoms with E-state index in [4.69, 9.17) is 0 Å². The van der Waals surface area contributed by atoms with E-state index in [2.05, 4.69) is 4.99 Å². The fraction of sp³-hybridized carbons (Fsp3) is 0.600. The summed E-state index contributed by atoms with van der Waals surface area (Å²) in [5.74, 6) is -1.74. The molecule has 1 heterocycles. The summed E-state index contributed by atoms with van der Waals surface area (Å²) in [7, 11) is 0. The molecule has 0 aromatic rings. The molecule has 1 fully saturated rings. The van der Waals surface area contributed by atoms with E-state index in [-0.39, 0.29) is 19.1 Å². The second-order valence-electron chi connectivity index (χ2n) is 4.91. The molecule has 0 aromatic carbocycles. The molecule has 1 rings (SSSR count). The number of carbonyl (C=O) groups excluding carboxylic acids is 1. The summed E-state index contributed by atoms with van der Waals surface area (Å²) in [6, 6.07) is -0.0118. The van der Waals surface area contributed by atoms with Crippen LogP contribution in [0.15, 0.2) is 28.8 Å². The average Bonchev–Trinajstić information content (AvgIpc) is 2.45. The molecule has 118 valence electrons. The Hall–Kier alpha value is -1.59. The molecule has 1 amide bonds. The van der Waals surface area contributed by atoms with Gasteiger partial charge in [0, 0.05) is 19.3 Å². The summed E-state index contributed by atoms with van der Waals surface area (Å²) in [6.45, 7) is 4.20. The van der Waals surface area contributed by atoms with Crippen molar-refractivity contribution in [2.75, 3.05) is 13.1 Å². The highest BCUT2D eigenvalue weighted by Crippen LogP contribution is 2.22. The Morgan fingerprint density at radius 3 is 2.43 bits per heavy atom. The molecule has 1 saturated heterocycles. The maximum absolute atomic E-state index is 12.3. The Labute approximate surface area is 123 Å². The normalized spacial score (nSPS) is 18.9. The number of carbonyl (C=O) groups is 1. The topological polar surface area (TPSA) is 32.7 Å². The van der Waals surface area contributed by atoms with Crippen LogP contribution in [-0.2, 0) is 4.79 Å². The zero-order valence-corrected chi connectivity index (χ0v) is 12.4. The van der Waals surface area contributed by atoms with Crippen molar-refractivity contribution in [3.63, 3.8) is 0 Å². The minimum Gasteiger partial charge on any atom is -0.335 e. The fourth-order valence-electron chi connectivity index (χ4n) is 2.16. The molecule has 0 aromatic heterocycles. The van der Waals surface area contributed by atoms with Crippen molar-refractivity contribution >= 4 is 12.1 Å². The predicted octanol–water partition coefficient (Wildman–Crippen LogP) is 3.52. The van der Waals surface area contributed by atoms with Crippen LogP contribution in [0.25, 0.3) is 0 Å². The minimum absolute atomic E-state index is 0.0118. The van der Waals surface area contributed by atoms with E-state index in [9.17, 15) is 18.0 Å². The number of halogens is 3. The van der Waals surface area contributed by atoms with Crippen LogP contribution in [0.2, 0.25) is 0 Å². The molecule has 3 nitrogen and oxygen atoms in total. The van der Waals surface area contributed by atoms with Gasteiger partial charge < -0.3 is 4.90 Å². The third-order valence-corrected chi connectivity index (χ3v) is 3.37. The molecule has 0 N–H and O–H groups in total. The molecule has 1 aliphatic heterocycles. The highest BCUT2D eigenvalue weighted by molar-refractivity contribution is 5.82. The molecule has 0 radical (unpaired) electrons. The molecule has 0 aliphatic carbocycles. The van der Waals surface area contributed by atoms with Gasteiger partial charge in [-0.05, 0) is 37.8 Å². The third-order valence-electron chi connectivity index (χ3n) is 3.37. The zero-order chi connectivity index (χ0) is 15.9. The first-order valence-corrected chi connectivity index (χ1v) is 7.09. The summed E-state index contributed by atoms with van der Waals surface area (Å²) in [5, 5.41) is 0. The maximum Gasteiger partial charge on any atom is 0.471 e. The molecule has 0 unspecified atom stereocenters. The Kier molecular flexibility index (Phi) is 6.65. The van der Waals surface area contributed by atoms with Crippen LogP contribution in [0.4, 0.5) is 13.2 Å². The summed E-state index contributed by atoms with van der Waals surface area (Å²) in [4.78, 5) is 16.3. The van der Waals surface area contributed by atoms with Gasteiger partial charge in [0.05, 0.1) is 6.04 Å². The van der Waals surface area contributed by atoms with Gasteiger partial charge in [0.2, 0.25) is 0 Å². The molecular weight excluding hydrogens is 281 g/mol. The SMILES string of the molecule is C\C=C/C(=C\C=N\C1CCN(C(=O)C(F)(F)F)CC1)CC. The molecule has 0 saturated carbocycles. The monoisotopic (exact) mass is 302 g/mol. The largest absolute Gasteiger partial charge is 0.471 e. The Morgan fingerprint density at radius 1 is 1.33 bits per heavy atom. The van der Waals surface area contributed by atoms with E-state index in [0.717, 1.165) is 16.9 Å². The molecule has 0 spiro atoms. The van der Waals surface area contributed by atoms with Crippen molar-refractivity contribution in [3.8, 4) is 0 Å². The van der Waals surface area contributed by atoms with Gasteiger partial charge >= 0.3 is 12.1 Å². The smallest absolute Gasteiger partial charge is 0.335 e. The molecule has 0 bridgehead atoms. The van der Waals surface area contributed by atoms with Crippen LogP contribution < -0.4 is 0 Å². The maximum atomic E-state index is 12.3. The quantitative estimate of drug-likeness (QED) is 0.577. The number of piperidine rings is 1. The first-order chi connectivity index (χ1) is 9.88. The standard InChI is InChI=1S/C15H21F3N2O/c1-3-5-12(4-2)6-9-19-13-7-10-20(11-8-13)14(21)15(16,17)18/h3,5-6,9,13H,4,7-8,10-11H2,1-2H3/b5-3-,12-6-,19-9+. The summed E-state index contributed by atoms with van der Waals surface area (Å²) >= 11 is 0. The minimum atomic E-state index is -4.78. The average molecular weight is 302 g/mol. The first-order valence-electron chi connectivity index (χ1n) is 7.09. The molecule has 1 aliphatic rings. The van der Waals surface area contributed by atoms with Crippen molar-refractivity contribution in [1.82, 2.24) is 4.90 Å². The van der Waals surface area contributed by atoms with E-state index < -0.39 is 12.1 Å². The molecule has 0 atom stereocenters. The first kappa shape index (κ1) is 17.5.